The molecule has 5 heteroatoms. The van der Waals surface area contributed by atoms with Gasteiger partial charge in [0, 0.05) is 31.1 Å². The van der Waals surface area contributed by atoms with Crippen molar-refractivity contribution in [2.75, 3.05) is 25.0 Å². The molecule has 0 radical (unpaired) electrons. The van der Waals surface area contributed by atoms with Crippen molar-refractivity contribution in [2.45, 2.75) is 25.2 Å². The number of benzene rings is 1. The van der Waals surface area contributed by atoms with Crippen molar-refractivity contribution in [3.8, 4) is 0 Å². The fourth-order valence-corrected chi connectivity index (χ4v) is 2.91. The van der Waals surface area contributed by atoms with E-state index >= 15 is 0 Å². The molecule has 1 amide bonds. The van der Waals surface area contributed by atoms with E-state index in [0.29, 0.717) is 18.9 Å². The number of anilines is 1. The summed E-state index contributed by atoms with van der Waals surface area (Å²) in [4.78, 5) is 24.9. The van der Waals surface area contributed by atoms with E-state index in [4.69, 9.17) is 5.11 Å². The summed E-state index contributed by atoms with van der Waals surface area (Å²) in [6.45, 7) is 1.15. The van der Waals surface area contributed by atoms with Gasteiger partial charge >= 0.3 is 5.97 Å². The van der Waals surface area contributed by atoms with Gasteiger partial charge in [0.2, 0.25) is 5.91 Å². The van der Waals surface area contributed by atoms with Crippen molar-refractivity contribution in [3.05, 3.63) is 29.8 Å². The Morgan fingerprint density at radius 2 is 2.05 bits per heavy atom. The van der Waals surface area contributed by atoms with E-state index in [0.717, 1.165) is 30.6 Å². The summed E-state index contributed by atoms with van der Waals surface area (Å²) in [5.41, 5.74) is 2.25. The molecule has 0 bridgehead atoms. The summed E-state index contributed by atoms with van der Waals surface area (Å²) in [6.07, 6.45) is 2.60. The Labute approximate surface area is 123 Å². The van der Waals surface area contributed by atoms with Crippen LogP contribution in [0.5, 0.6) is 0 Å². The molecule has 21 heavy (non-hydrogen) atoms. The molecule has 1 aromatic rings. The molecule has 1 unspecified atom stereocenters. The standard InChI is InChI=1S/C16H20N2O3/c19-15(18(10-16(20)21)9-11-5-6-11)7-12-8-17-14-4-2-1-3-13(12)14/h1-4,11-12,17H,5-10H2,(H,20,21). The van der Waals surface area contributed by atoms with E-state index in [1.54, 1.807) is 0 Å². The van der Waals surface area contributed by atoms with Crippen LogP contribution in [-0.4, -0.2) is 41.5 Å². The second kappa shape index (κ2) is 5.76. The van der Waals surface area contributed by atoms with Crippen LogP contribution in [0.2, 0.25) is 0 Å². The van der Waals surface area contributed by atoms with E-state index in [1.807, 2.05) is 24.3 Å². The number of amides is 1. The summed E-state index contributed by atoms with van der Waals surface area (Å²) in [7, 11) is 0. The highest BCUT2D eigenvalue weighted by molar-refractivity contribution is 5.82. The summed E-state index contributed by atoms with van der Waals surface area (Å²) < 4.78 is 0. The molecule has 1 atom stereocenters. The minimum atomic E-state index is -0.936. The highest BCUT2D eigenvalue weighted by atomic mass is 16.4. The summed E-state index contributed by atoms with van der Waals surface area (Å²) in [6, 6.07) is 8.00. The van der Waals surface area contributed by atoms with Gasteiger partial charge < -0.3 is 15.3 Å². The second-order valence-electron chi connectivity index (χ2n) is 5.98. The molecule has 1 aliphatic heterocycles. The fraction of sp³-hybridized carbons (Fsp3) is 0.500. The summed E-state index contributed by atoms with van der Waals surface area (Å²) >= 11 is 0. The Bertz CT molecular complexity index is 554. The number of nitrogens with zero attached hydrogens (tertiary/aromatic N) is 1. The van der Waals surface area contributed by atoms with Gasteiger partial charge in [0.05, 0.1) is 0 Å². The lowest BCUT2D eigenvalue weighted by atomic mass is 9.97. The van der Waals surface area contributed by atoms with Crippen LogP contribution in [0.4, 0.5) is 5.69 Å². The zero-order chi connectivity index (χ0) is 14.8. The summed E-state index contributed by atoms with van der Waals surface area (Å²) in [5, 5.41) is 12.3. The van der Waals surface area contributed by atoms with Crippen LogP contribution in [-0.2, 0) is 9.59 Å². The number of carbonyl (C=O) groups excluding carboxylic acids is 1. The first-order chi connectivity index (χ1) is 10.1. The van der Waals surface area contributed by atoms with Crippen LogP contribution >= 0.6 is 0 Å². The minimum Gasteiger partial charge on any atom is -0.480 e. The Balaban J connectivity index is 1.65. The first-order valence-corrected chi connectivity index (χ1v) is 7.46. The van der Waals surface area contributed by atoms with E-state index < -0.39 is 5.97 Å². The molecule has 1 aromatic carbocycles. The first kappa shape index (κ1) is 13.9. The van der Waals surface area contributed by atoms with E-state index in [1.165, 1.54) is 4.90 Å². The maximum absolute atomic E-state index is 12.4. The maximum atomic E-state index is 12.4. The van der Waals surface area contributed by atoms with Gasteiger partial charge in [-0.25, -0.2) is 0 Å². The van der Waals surface area contributed by atoms with Crippen molar-refractivity contribution >= 4 is 17.6 Å². The molecule has 2 aliphatic rings. The molecule has 1 fully saturated rings. The monoisotopic (exact) mass is 288 g/mol. The van der Waals surface area contributed by atoms with Crippen molar-refractivity contribution in [1.29, 1.82) is 0 Å². The number of para-hydroxylation sites is 1. The highest BCUT2D eigenvalue weighted by Crippen LogP contribution is 2.34. The van der Waals surface area contributed by atoms with Crippen LogP contribution in [0.1, 0.15) is 30.7 Å². The Kier molecular flexibility index (Phi) is 3.82. The number of hydrogen-bond donors (Lipinski definition) is 2. The smallest absolute Gasteiger partial charge is 0.323 e. The largest absolute Gasteiger partial charge is 0.480 e. The average Bonchev–Trinajstić information content (AvgIpc) is 3.18. The third-order valence-electron chi connectivity index (χ3n) is 4.21. The molecule has 1 heterocycles. The molecule has 0 spiro atoms. The third kappa shape index (κ3) is 3.35. The fourth-order valence-electron chi connectivity index (χ4n) is 2.91. The Hall–Kier alpha value is -2.04. The van der Waals surface area contributed by atoms with Gasteiger partial charge in [0.15, 0.2) is 0 Å². The van der Waals surface area contributed by atoms with Gasteiger partial charge in [0.1, 0.15) is 6.54 Å². The normalized spacial score (nSPS) is 19.7. The molecular weight excluding hydrogens is 268 g/mol. The molecule has 3 rings (SSSR count). The minimum absolute atomic E-state index is 0.0483. The van der Waals surface area contributed by atoms with Crippen LogP contribution < -0.4 is 5.32 Å². The predicted molar refractivity (Wildman–Crippen MR) is 79.2 cm³/mol. The Morgan fingerprint density at radius 1 is 1.29 bits per heavy atom. The van der Waals surface area contributed by atoms with Gasteiger partial charge in [-0.15, -0.1) is 0 Å². The number of carboxylic acids is 1. The van der Waals surface area contributed by atoms with Gasteiger partial charge in [-0.1, -0.05) is 18.2 Å². The van der Waals surface area contributed by atoms with E-state index in [2.05, 4.69) is 5.32 Å². The van der Waals surface area contributed by atoms with Crippen LogP contribution in [0, 0.1) is 5.92 Å². The van der Waals surface area contributed by atoms with Gasteiger partial charge in [-0.3, -0.25) is 9.59 Å². The number of carbonyl (C=O) groups is 2. The molecule has 0 saturated heterocycles. The number of carboxylic acid groups (broad SMARTS) is 1. The maximum Gasteiger partial charge on any atom is 0.323 e. The lowest BCUT2D eigenvalue weighted by Gasteiger charge is -2.22. The molecular formula is C16H20N2O3. The van der Waals surface area contributed by atoms with Crippen molar-refractivity contribution in [2.24, 2.45) is 5.92 Å². The zero-order valence-corrected chi connectivity index (χ0v) is 11.9. The van der Waals surface area contributed by atoms with Crippen molar-refractivity contribution in [1.82, 2.24) is 4.90 Å². The molecule has 1 aliphatic carbocycles. The van der Waals surface area contributed by atoms with Gasteiger partial charge in [-0.2, -0.15) is 0 Å². The number of nitrogens with one attached hydrogen (secondary N) is 1. The average molecular weight is 288 g/mol. The number of rotatable bonds is 6. The van der Waals surface area contributed by atoms with Crippen molar-refractivity contribution < 1.29 is 14.7 Å². The van der Waals surface area contributed by atoms with Gasteiger partial charge in [0.25, 0.3) is 0 Å². The molecule has 0 aromatic heterocycles. The number of fused-ring (bicyclic) bond motifs is 1. The Morgan fingerprint density at radius 3 is 2.76 bits per heavy atom. The SMILES string of the molecule is O=C(O)CN(CC1CC1)C(=O)CC1CNc2ccccc21. The van der Waals surface area contributed by atoms with Crippen molar-refractivity contribution in [3.63, 3.8) is 0 Å². The lowest BCUT2D eigenvalue weighted by Crippen LogP contribution is -2.38. The van der Waals surface area contributed by atoms with E-state index in [-0.39, 0.29) is 18.4 Å². The molecule has 5 nitrogen and oxygen atoms in total. The summed E-state index contributed by atoms with van der Waals surface area (Å²) in [5.74, 6) is -0.340. The quantitative estimate of drug-likeness (QED) is 0.839. The predicted octanol–water partition coefficient (Wildman–Crippen LogP) is 1.91. The molecule has 2 N–H and O–H groups in total. The number of aliphatic carboxylic acids is 1. The topological polar surface area (TPSA) is 69.6 Å². The zero-order valence-electron chi connectivity index (χ0n) is 11.9. The lowest BCUT2D eigenvalue weighted by molar-refractivity contribution is -0.144. The van der Waals surface area contributed by atoms with Crippen LogP contribution in [0.15, 0.2) is 24.3 Å². The van der Waals surface area contributed by atoms with E-state index in [9.17, 15) is 9.59 Å². The first-order valence-electron chi connectivity index (χ1n) is 7.46. The van der Waals surface area contributed by atoms with Crippen LogP contribution in [0.25, 0.3) is 0 Å². The number of hydrogen-bond acceptors (Lipinski definition) is 3. The second-order valence-corrected chi connectivity index (χ2v) is 5.98. The molecule has 112 valence electrons. The van der Waals surface area contributed by atoms with Gasteiger partial charge in [-0.05, 0) is 30.4 Å². The third-order valence-corrected chi connectivity index (χ3v) is 4.21. The molecule has 1 saturated carbocycles. The highest BCUT2D eigenvalue weighted by Gasteiger charge is 2.30. The van der Waals surface area contributed by atoms with Crippen LogP contribution in [0.3, 0.4) is 0 Å².